The number of hydrogen-bond donors (Lipinski definition) is 2. The van der Waals surface area contributed by atoms with Gasteiger partial charge in [-0.05, 0) is 42.7 Å². The molecule has 4 nitrogen and oxygen atoms in total. The average Bonchev–Trinajstić information content (AvgIpc) is 2.52. The molecule has 0 aliphatic heterocycles. The fourth-order valence-corrected chi connectivity index (χ4v) is 2.02. The zero-order valence-corrected chi connectivity index (χ0v) is 15.7. The molecule has 0 aliphatic carbocycles. The molecule has 0 saturated carbocycles. The van der Waals surface area contributed by atoms with E-state index in [1.54, 1.807) is 13.1 Å². The number of nitrogens with zero attached hydrogens (tertiary/aromatic N) is 2. The monoisotopic (exact) mass is 428 g/mol. The third-order valence-electron chi connectivity index (χ3n) is 3.25. The van der Waals surface area contributed by atoms with Crippen molar-refractivity contribution in [3.63, 3.8) is 0 Å². The summed E-state index contributed by atoms with van der Waals surface area (Å²) in [7, 11) is 1.72. The van der Waals surface area contributed by atoms with E-state index < -0.39 is 0 Å². The second kappa shape index (κ2) is 10.1. The van der Waals surface area contributed by atoms with E-state index in [4.69, 9.17) is 0 Å². The molecule has 0 bridgehead atoms. The lowest BCUT2D eigenvalue weighted by Gasteiger charge is -2.12. The molecule has 0 aliphatic rings. The number of aliphatic imine (C=N–C) groups is 1. The summed E-state index contributed by atoms with van der Waals surface area (Å²) >= 11 is 0. The molecule has 0 atom stereocenters. The van der Waals surface area contributed by atoms with Gasteiger partial charge in [-0.15, -0.1) is 24.0 Å². The van der Waals surface area contributed by atoms with E-state index in [1.807, 2.05) is 25.3 Å². The number of hydrogen-bond acceptors (Lipinski definition) is 2. The van der Waals surface area contributed by atoms with E-state index in [0.29, 0.717) is 12.5 Å². The van der Waals surface area contributed by atoms with E-state index in [9.17, 15) is 4.39 Å². The van der Waals surface area contributed by atoms with Gasteiger partial charge >= 0.3 is 0 Å². The quantitative estimate of drug-likeness (QED) is 0.438. The minimum atomic E-state index is -0.228. The van der Waals surface area contributed by atoms with Crippen LogP contribution in [0.5, 0.6) is 0 Å². The van der Waals surface area contributed by atoms with Crippen LogP contribution >= 0.6 is 24.0 Å². The molecule has 0 unspecified atom stereocenters. The second-order valence-corrected chi connectivity index (χ2v) is 5.04. The van der Waals surface area contributed by atoms with Crippen molar-refractivity contribution in [2.24, 2.45) is 4.99 Å². The van der Waals surface area contributed by atoms with E-state index >= 15 is 0 Å². The summed E-state index contributed by atoms with van der Waals surface area (Å²) in [6.45, 7) is 3.26. The molecule has 0 fully saturated rings. The van der Waals surface area contributed by atoms with Crippen molar-refractivity contribution in [1.29, 1.82) is 0 Å². The molecule has 0 amide bonds. The Labute approximate surface area is 153 Å². The van der Waals surface area contributed by atoms with Crippen LogP contribution in [-0.4, -0.2) is 24.5 Å². The first-order chi connectivity index (χ1) is 10.7. The smallest absolute Gasteiger partial charge is 0.191 e. The topological polar surface area (TPSA) is 49.3 Å². The van der Waals surface area contributed by atoms with Crippen molar-refractivity contribution in [2.45, 2.75) is 19.9 Å². The molecule has 2 N–H and O–H groups in total. The highest BCUT2D eigenvalue weighted by Gasteiger charge is 2.00. The molecule has 6 heteroatoms. The number of benzene rings is 1. The van der Waals surface area contributed by atoms with Crippen molar-refractivity contribution in [2.75, 3.05) is 13.6 Å². The Morgan fingerprint density at radius 1 is 1.17 bits per heavy atom. The summed E-state index contributed by atoms with van der Waals surface area (Å²) in [4.78, 5) is 8.43. The Kier molecular flexibility index (Phi) is 8.53. The summed E-state index contributed by atoms with van der Waals surface area (Å²) in [5, 5.41) is 6.40. The summed E-state index contributed by atoms with van der Waals surface area (Å²) in [6.07, 6.45) is 2.76. The fourth-order valence-electron chi connectivity index (χ4n) is 2.02. The number of rotatable bonds is 5. The lowest BCUT2D eigenvalue weighted by atomic mass is 10.2. The van der Waals surface area contributed by atoms with E-state index in [0.717, 1.165) is 24.2 Å². The molecule has 23 heavy (non-hydrogen) atoms. The SMILES string of the molecule is CN=C(NCCc1ccc(C)nc1)NCc1cccc(F)c1.I. The highest BCUT2D eigenvalue weighted by molar-refractivity contribution is 14.0. The van der Waals surface area contributed by atoms with Gasteiger partial charge in [-0.25, -0.2) is 4.39 Å². The zero-order chi connectivity index (χ0) is 15.8. The molecular formula is C17H22FIN4. The van der Waals surface area contributed by atoms with Crippen LogP contribution in [0.4, 0.5) is 4.39 Å². The van der Waals surface area contributed by atoms with Gasteiger partial charge in [0.1, 0.15) is 5.82 Å². The average molecular weight is 428 g/mol. The highest BCUT2D eigenvalue weighted by Crippen LogP contribution is 2.03. The maximum Gasteiger partial charge on any atom is 0.191 e. The largest absolute Gasteiger partial charge is 0.356 e. The second-order valence-electron chi connectivity index (χ2n) is 5.04. The van der Waals surface area contributed by atoms with Gasteiger partial charge in [0.25, 0.3) is 0 Å². The maximum absolute atomic E-state index is 13.1. The van der Waals surface area contributed by atoms with Crippen LogP contribution in [0.15, 0.2) is 47.6 Å². The standard InChI is InChI=1S/C17H21FN4.HI/c1-13-6-7-14(11-21-13)8-9-20-17(19-2)22-12-15-4-3-5-16(18)10-15;/h3-7,10-11H,8-9,12H2,1-2H3,(H2,19,20,22);1H. The Morgan fingerprint density at radius 3 is 2.65 bits per heavy atom. The van der Waals surface area contributed by atoms with Gasteiger partial charge < -0.3 is 10.6 Å². The summed E-state index contributed by atoms with van der Waals surface area (Å²) in [5.41, 5.74) is 3.08. The number of aryl methyl sites for hydroxylation is 1. The summed E-state index contributed by atoms with van der Waals surface area (Å²) in [6, 6.07) is 10.6. The Bertz CT molecular complexity index is 629. The van der Waals surface area contributed by atoms with Gasteiger partial charge in [-0.3, -0.25) is 9.98 Å². The molecular weight excluding hydrogens is 406 g/mol. The van der Waals surface area contributed by atoms with Crippen molar-refractivity contribution >= 4 is 29.9 Å². The lowest BCUT2D eigenvalue weighted by molar-refractivity contribution is 0.624. The van der Waals surface area contributed by atoms with Crippen molar-refractivity contribution < 1.29 is 4.39 Å². The van der Waals surface area contributed by atoms with Gasteiger partial charge in [-0.2, -0.15) is 0 Å². The van der Waals surface area contributed by atoms with Crippen LogP contribution in [0, 0.1) is 12.7 Å². The third kappa shape index (κ3) is 6.94. The maximum atomic E-state index is 13.1. The van der Waals surface area contributed by atoms with Gasteiger partial charge in [0.05, 0.1) is 0 Å². The molecule has 2 rings (SSSR count). The molecule has 124 valence electrons. The van der Waals surface area contributed by atoms with Crippen LogP contribution in [0.3, 0.4) is 0 Å². The van der Waals surface area contributed by atoms with Crippen LogP contribution in [0.1, 0.15) is 16.8 Å². The first-order valence-electron chi connectivity index (χ1n) is 7.28. The number of aromatic nitrogens is 1. The predicted octanol–water partition coefficient (Wildman–Crippen LogP) is 3.05. The number of halogens is 2. The van der Waals surface area contributed by atoms with Crippen molar-refractivity contribution in [1.82, 2.24) is 15.6 Å². The first-order valence-corrected chi connectivity index (χ1v) is 7.28. The number of nitrogens with one attached hydrogen (secondary N) is 2. The van der Waals surface area contributed by atoms with Crippen LogP contribution in [0.2, 0.25) is 0 Å². The third-order valence-corrected chi connectivity index (χ3v) is 3.25. The molecule has 1 heterocycles. The van der Waals surface area contributed by atoms with Gasteiger partial charge in [0.15, 0.2) is 5.96 Å². The number of pyridine rings is 1. The first kappa shape index (κ1) is 19.3. The Hall–Kier alpha value is -1.70. The summed E-state index contributed by atoms with van der Waals surface area (Å²) in [5.74, 6) is 0.471. The minimum absolute atomic E-state index is 0. The Balaban J connectivity index is 0.00000264. The molecule has 1 aromatic heterocycles. The molecule has 0 saturated heterocycles. The minimum Gasteiger partial charge on any atom is -0.356 e. The Morgan fingerprint density at radius 2 is 2.00 bits per heavy atom. The van der Waals surface area contributed by atoms with E-state index in [1.165, 1.54) is 17.7 Å². The molecule has 1 aromatic carbocycles. The van der Waals surface area contributed by atoms with E-state index in [-0.39, 0.29) is 29.8 Å². The van der Waals surface area contributed by atoms with Crippen LogP contribution in [-0.2, 0) is 13.0 Å². The predicted molar refractivity (Wildman–Crippen MR) is 103 cm³/mol. The van der Waals surface area contributed by atoms with Crippen LogP contribution in [0.25, 0.3) is 0 Å². The van der Waals surface area contributed by atoms with Crippen molar-refractivity contribution in [3.8, 4) is 0 Å². The number of guanidine groups is 1. The van der Waals surface area contributed by atoms with Crippen LogP contribution < -0.4 is 10.6 Å². The van der Waals surface area contributed by atoms with Gasteiger partial charge in [0.2, 0.25) is 0 Å². The van der Waals surface area contributed by atoms with Gasteiger partial charge in [-0.1, -0.05) is 18.2 Å². The van der Waals surface area contributed by atoms with E-state index in [2.05, 4.69) is 26.7 Å². The molecule has 0 spiro atoms. The van der Waals surface area contributed by atoms with Crippen molar-refractivity contribution in [3.05, 3.63) is 65.2 Å². The zero-order valence-electron chi connectivity index (χ0n) is 13.3. The lowest BCUT2D eigenvalue weighted by Crippen LogP contribution is -2.37. The van der Waals surface area contributed by atoms with Gasteiger partial charge in [0, 0.05) is 32.0 Å². The normalized spacial score (nSPS) is 10.8. The summed E-state index contributed by atoms with van der Waals surface area (Å²) < 4.78 is 13.1. The molecule has 0 radical (unpaired) electrons. The molecule has 2 aromatic rings. The fraction of sp³-hybridized carbons (Fsp3) is 0.294. The highest BCUT2D eigenvalue weighted by atomic mass is 127.